The predicted octanol–water partition coefficient (Wildman–Crippen LogP) is 7.47. The lowest BCUT2D eigenvalue weighted by Gasteiger charge is -2.57. The summed E-state index contributed by atoms with van der Waals surface area (Å²) in [4.78, 5) is 0.260. The van der Waals surface area contributed by atoms with Crippen molar-refractivity contribution in [3.8, 4) is 0 Å². The highest BCUT2D eigenvalue weighted by Crippen LogP contribution is 2.66. The third-order valence-electron chi connectivity index (χ3n) is 10.5. The van der Waals surface area contributed by atoms with Gasteiger partial charge in [-0.1, -0.05) is 56.2 Å². The van der Waals surface area contributed by atoms with E-state index in [1.54, 1.807) is 17.7 Å². The van der Waals surface area contributed by atoms with Gasteiger partial charge in [0.15, 0.2) is 0 Å². The Morgan fingerprint density at radius 1 is 1.03 bits per heavy atom. The van der Waals surface area contributed by atoms with Crippen LogP contribution in [0, 0.1) is 47.3 Å². The fourth-order valence-electron chi connectivity index (χ4n) is 8.53. The molecule has 4 heteroatoms. The highest BCUT2D eigenvalue weighted by atomic mass is 32.2. The van der Waals surface area contributed by atoms with E-state index < -0.39 is 10.1 Å². The van der Waals surface area contributed by atoms with Crippen LogP contribution in [0.4, 0.5) is 0 Å². The lowest BCUT2D eigenvalue weighted by molar-refractivity contribution is -0.0477. The summed E-state index contributed by atoms with van der Waals surface area (Å²) in [7, 11) is -3.71. The van der Waals surface area contributed by atoms with E-state index in [1.165, 1.54) is 50.5 Å². The monoisotopic (exact) mass is 482 g/mol. The molecule has 5 rings (SSSR count). The number of aryl methyl sites for hydroxylation is 1. The van der Waals surface area contributed by atoms with Crippen LogP contribution in [0.2, 0.25) is 0 Å². The summed E-state index contributed by atoms with van der Waals surface area (Å²) in [6.07, 6.45) is 13.9. The van der Waals surface area contributed by atoms with Crippen LogP contribution in [-0.2, 0) is 14.3 Å². The Hall–Kier alpha value is -1.39. The molecule has 4 aliphatic rings. The molecular formula is C30H42O3S. The van der Waals surface area contributed by atoms with Gasteiger partial charge in [0.05, 0.1) is 11.5 Å². The summed E-state index contributed by atoms with van der Waals surface area (Å²) >= 11 is 0. The van der Waals surface area contributed by atoms with Gasteiger partial charge in [-0.3, -0.25) is 4.18 Å². The van der Waals surface area contributed by atoms with Crippen molar-refractivity contribution in [1.82, 2.24) is 0 Å². The van der Waals surface area contributed by atoms with E-state index in [-0.39, 0.29) is 17.4 Å². The van der Waals surface area contributed by atoms with Gasteiger partial charge in [0, 0.05) is 0 Å². The molecule has 0 aliphatic heterocycles. The van der Waals surface area contributed by atoms with Crippen molar-refractivity contribution in [3.63, 3.8) is 0 Å². The minimum atomic E-state index is -3.71. The molecule has 2 fully saturated rings. The minimum Gasteiger partial charge on any atom is -0.266 e. The van der Waals surface area contributed by atoms with Gasteiger partial charge in [-0.15, -0.1) is 0 Å². The molecule has 3 nitrogen and oxygen atoms in total. The summed E-state index contributed by atoms with van der Waals surface area (Å²) in [5, 5.41) is 0. The molecule has 2 saturated carbocycles. The maximum Gasteiger partial charge on any atom is 0.296 e. The van der Waals surface area contributed by atoms with Gasteiger partial charge >= 0.3 is 0 Å². The summed E-state index contributed by atoms with van der Waals surface area (Å²) in [5.41, 5.74) is 4.83. The number of fused-ring (bicyclic) bond motifs is 5. The van der Waals surface area contributed by atoms with E-state index in [0.717, 1.165) is 23.3 Å². The zero-order valence-electron chi connectivity index (χ0n) is 21.6. The zero-order valence-corrected chi connectivity index (χ0v) is 22.5. The third-order valence-corrected chi connectivity index (χ3v) is 11.8. The molecule has 0 spiro atoms. The molecule has 34 heavy (non-hydrogen) atoms. The molecule has 1 aromatic rings. The molecule has 0 radical (unpaired) electrons. The highest BCUT2D eigenvalue weighted by molar-refractivity contribution is 7.86. The van der Waals surface area contributed by atoms with Crippen molar-refractivity contribution in [2.75, 3.05) is 6.61 Å². The SMILES string of the molecule is CC1=CC2=CCC3C(CC[C@@]4(C)C3CC[C@@H]4[C@H](C)COS(=O)(=O)c3ccc(C)cc3)[C@@]2(C)CC1. The van der Waals surface area contributed by atoms with E-state index >= 15 is 0 Å². The van der Waals surface area contributed by atoms with Crippen LogP contribution in [0.25, 0.3) is 0 Å². The van der Waals surface area contributed by atoms with Gasteiger partial charge in [0.25, 0.3) is 10.1 Å². The number of rotatable bonds is 5. The number of hydrogen-bond acceptors (Lipinski definition) is 3. The molecule has 186 valence electrons. The van der Waals surface area contributed by atoms with Gasteiger partial charge in [-0.25, -0.2) is 0 Å². The maximum atomic E-state index is 12.8. The van der Waals surface area contributed by atoms with Crippen LogP contribution < -0.4 is 0 Å². The molecule has 7 atom stereocenters. The molecule has 3 unspecified atom stereocenters. The van der Waals surface area contributed by atoms with Gasteiger partial charge < -0.3 is 0 Å². The van der Waals surface area contributed by atoms with Crippen LogP contribution in [0.15, 0.2) is 52.5 Å². The van der Waals surface area contributed by atoms with Crippen LogP contribution in [-0.4, -0.2) is 15.0 Å². The Balaban J connectivity index is 1.30. The number of allylic oxidation sites excluding steroid dienone is 4. The van der Waals surface area contributed by atoms with Gasteiger partial charge in [-0.05, 0) is 117 Å². The molecule has 1 aromatic carbocycles. The van der Waals surface area contributed by atoms with Gasteiger partial charge in [-0.2, -0.15) is 8.42 Å². The maximum absolute atomic E-state index is 12.8. The zero-order chi connectivity index (χ0) is 24.3. The standard InChI is InChI=1S/C30H42O3S/c1-20-6-9-24(10-7-20)34(31,32)33-19-22(3)26-12-13-27-25-11-8-23-18-21(2)14-16-29(23,4)28(25)15-17-30(26,27)5/h6-10,18,22,25-28H,11-17,19H2,1-5H3/t22-,25?,26-,27?,28?,29+,30-/m1/s1. The first-order valence-corrected chi connectivity index (χ1v) is 14.8. The van der Waals surface area contributed by atoms with Crippen molar-refractivity contribution >= 4 is 10.1 Å². The minimum absolute atomic E-state index is 0.234. The second-order valence-electron chi connectivity index (χ2n) is 12.4. The van der Waals surface area contributed by atoms with E-state index in [1.807, 2.05) is 19.1 Å². The molecule has 0 N–H and O–H groups in total. The molecule has 0 amide bonds. The van der Waals surface area contributed by atoms with Crippen molar-refractivity contribution in [1.29, 1.82) is 0 Å². The predicted molar refractivity (Wildman–Crippen MR) is 138 cm³/mol. The van der Waals surface area contributed by atoms with Crippen molar-refractivity contribution in [2.24, 2.45) is 40.4 Å². The molecule has 0 aromatic heterocycles. The summed E-state index contributed by atoms with van der Waals surface area (Å²) < 4.78 is 31.2. The van der Waals surface area contributed by atoms with Crippen LogP contribution in [0.5, 0.6) is 0 Å². The Kier molecular flexibility index (Phi) is 6.16. The van der Waals surface area contributed by atoms with Crippen molar-refractivity contribution in [3.05, 3.63) is 53.1 Å². The number of benzene rings is 1. The fourth-order valence-corrected chi connectivity index (χ4v) is 9.53. The summed E-state index contributed by atoms with van der Waals surface area (Å²) in [6.45, 7) is 11.8. The largest absolute Gasteiger partial charge is 0.296 e. The molecule has 0 saturated heterocycles. The van der Waals surface area contributed by atoms with E-state index in [9.17, 15) is 8.42 Å². The first-order chi connectivity index (χ1) is 16.0. The number of hydrogen-bond donors (Lipinski definition) is 0. The topological polar surface area (TPSA) is 43.4 Å². The van der Waals surface area contributed by atoms with Gasteiger partial charge in [0.1, 0.15) is 0 Å². The van der Waals surface area contributed by atoms with Crippen LogP contribution >= 0.6 is 0 Å². The quantitative estimate of drug-likeness (QED) is 0.409. The average Bonchev–Trinajstić information content (AvgIpc) is 3.15. The highest BCUT2D eigenvalue weighted by Gasteiger charge is 2.58. The lowest BCUT2D eigenvalue weighted by Crippen LogP contribution is -2.50. The van der Waals surface area contributed by atoms with Crippen LogP contribution in [0.1, 0.15) is 78.2 Å². The lowest BCUT2D eigenvalue weighted by atomic mass is 9.47. The molecular weight excluding hydrogens is 440 g/mol. The van der Waals surface area contributed by atoms with Crippen LogP contribution in [0.3, 0.4) is 0 Å². The summed E-state index contributed by atoms with van der Waals surface area (Å²) in [6, 6.07) is 6.96. The Morgan fingerprint density at radius 3 is 2.50 bits per heavy atom. The van der Waals surface area contributed by atoms with Crippen molar-refractivity contribution < 1.29 is 12.6 Å². The van der Waals surface area contributed by atoms with Gasteiger partial charge in [0.2, 0.25) is 0 Å². The fraction of sp³-hybridized carbons (Fsp3) is 0.667. The molecule has 0 heterocycles. The second-order valence-corrected chi connectivity index (χ2v) is 14.1. The van der Waals surface area contributed by atoms with E-state index in [4.69, 9.17) is 4.18 Å². The Labute approximate surface area is 207 Å². The normalized spacial score (nSPS) is 38.3. The smallest absolute Gasteiger partial charge is 0.266 e. The van der Waals surface area contributed by atoms with E-state index in [2.05, 4.69) is 39.8 Å². The first kappa shape index (κ1) is 24.3. The molecule has 0 bridgehead atoms. The first-order valence-electron chi connectivity index (χ1n) is 13.4. The van der Waals surface area contributed by atoms with E-state index in [0.29, 0.717) is 16.7 Å². The second kappa shape index (κ2) is 8.62. The summed E-state index contributed by atoms with van der Waals surface area (Å²) in [5.74, 6) is 3.07. The third kappa shape index (κ3) is 3.93. The molecule has 4 aliphatic carbocycles. The average molecular weight is 483 g/mol. The van der Waals surface area contributed by atoms with Crippen molar-refractivity contribution in [2.45, 2.75) is 84.5 Å². The Bertz CT molecular complexity index is 1100. The Morgan fingerprint density at radius 2 is 1.76 bits per heavy atom.